The molecule has 0 spiro atoms. The van der Waals surface area contributed by atoms with Gasteiger partial charge in [0, 0.05) is 37.2 Å². The number of aromatic nitrogens is 1. The highest BCUT2D eigenvalue weighted by Crippen LogP contribution is 2.33. The molecular weight excluding hydrogens is 476 g/mol. The minimum atomic E-state index is -4.48. The third-order valence-corrected chi connectivity index (χ3v) is 6.09. The Morgan fingerprint density at radius 2 is 1.81 bits per heavy atom. The number of hydrogen-bond donors (Lipinski definition) is 1. The minimum Gasteiger partial charge on any atom is -0.348 e. The number of benzene rings is 2. The molecule has 0 radical (unpaired) electrons. The van der Waals surface area contributed by atoms with E-state index >= 15 is 0 Å². The first-order valence-electron chi connectivity index (χ1n) is 11.6. The van der Waals surface area contributed by atoms with Crippen LogP contribution in [0.2, 0.25) is 0 Å². The zero-order chi connectivity index (χ0) is 25.9. The standard InChI is InChI=1S/C26H26F4N4O2/c1-2-12-33(25(36)31-21-10-8-19(9-11-21)26(28,29)30)17-23(35)34-15-14-32-13-4-7-22(32)24(34)18-5-3-6-20(27)16-18/h3-11,13,16,24H,2,12,14-15,17H2,1H3,(H,31,36)/t24-/m1/s1. The number of carbonyl (C=O) groups is 2. The van der Waals surface area contributed by atoms with Crippen molar-refractivity contribution in [2.45, 2.75) is 32.1 Å². The average Bonchev–Trinajstić information content (AvgIpc) is 3.32. The van der Waals surface area contributed by atoms with Gasteiger partial charge in [0.05, 0.1) is 11.6 Å². The normalized spacial score (nSPS) is 15.4. The molecule has 10 heteroatoms. The van der Waals surface area contributed by atoms with Crippen LogP contribution in [0.25, 0.3) is 0 Å². The summed E-state index contributed by atoms with van der Waals surface area (Å²) in [7, 11) is 0. The molecule has 36 heavy (non-hydrogen) atoms. The molecule has 1 N–H and O–H groups in total. The molecule has 0 unspecified atom stereocenters. The lowest BCUT2D eigenvalue weighted by Gasteiger charge is -2.38. The first-order valence-corrected chi connectivity index (χ1v) is 11.6. The summed E-state index contributed by atoms with van der Waals surface area (Å²) in [4.78, 5) is 29.4. The van der Waals surface area contributed by atoms with Crippen LogP contribution in [-0.2, 0) is 17.5 Å². The van der Waals surface area contributed by atoms with Gasteiger partial charge in [-0.1, -0.05) is 19.1 Å². The van der Waals surface area contributed by atoms with Gasteiger partial charge in [-0.05, 0) is 60.5 Å². The molecule has 0 bridgehead atoms. The summed E-state index contributed by atoms with van der Waals surface area (Å²) in [5, 5.41) is 2.57. The molecule has 1 atom stereocenters. The van der Waals surface area contributed by atoms with E-state index in [0.717, 1.165) is 17.8 Å². The second kappa shape index (κ2) is 10.4. The summed E-state index contributed by atoms with van der Waals surface area (Å²) >= 11 is 0. The van der Waals surface area contributed by atoms with E-state index < -0.39 is 29.6 Å². The van der Waals surface area contributed by atoms with Crippen LogP contribution in [0.1, 0.15) is 36.2 Å². The van der Waals surface area contributed by atoms with Crippen LogP contribution in [0.5, 0.6) is 0 Å². The molecule has 2 heterocycles. The van der Waals surface area contributed by atoms with Crippen molar-refractivity contribution in [2.24, 2.45) is 0 Å². The molecule has 190 valence electrons. The summed E-state index contributed by atoms with van der Waals surface area (Å²) in [5.74, 6) is -0.722. The van der Waals surface area contributed by atoms with Gasteiger partial charge in [-0.3, -0.25) is 4.79 Å². The van der Waals surface area contributed by atoms with E-state index in [4.69, 9.17) is 0 Å². The van der Waals surface area contributed by atoms with E-state index in [-0.39, 0.29) is 24.7 Å². The van der Waals surface area contributed by atoms with Gasteiger partial charge in [0.25, 0.3) is 0 Å². The van der Waals surface area contributed by atoms with Gasteiger partial charge in [0.15, 0.2) is 0 Å². The molecule has 3 aromatic rings. The molecule has 1 aliphatic rings. The lowest BCUT2D eigenvalue weighted by molar-refractivity contribution is -0.137. The number of fused-ring (bicyclic) bond motifs is 1. The van der Waals surface area contributed by atoms with Crippen LogP contribution >= 0.6 is 0 Å². The van der Waals surface area contributed by atoms with Gasteiger partial charge < -0.3 is 19.7 Å². The fraction of sp³-hybridized carbons (Fsp3) is 0.308. The zero-order valence-electron chi connectivity index (χ0n) is 19.6. The first-order chi connectivity index (χ1) is 17.2. The Bertz CT molecular complexity index is 1220. The highest BCUT2D eigenvalue weighted by molar-refractivity contribution is 5.92. The van der Waals surface area contributed by atoms with Gasteiger partial charge >= 0.3 is 12.2 Å². The fourth-order valence-electron chi connectivity index (χ4n) is 4.40. The van der Waals surface area contributed by atoms with Gasteiger partial charge in [0.1, 0.15) is 12.4 Å². The Morgan fingerprint density at radius 3 is 2.47 bits per heavy atom. The van der Waals surface area contributed by atoms with E-state index in [1.54, 1.807) is 17.0 Å². The topological polar surface area (TPSA) is 57.6 Å². The summed E-state index contributed by atoms with van der Waals surface area (Å²) < 4.78 is 54.5. The lowest BCUT2D eigenvalue weighted by Crippen LogP contribution is -2.48. The minimum absolute atomic E-state index is 0.190. The Kier molecular flexibility index (Phi) is 7.32. The predicted octanol–water partition coefficient (Wildman–Crippen LogP) is 5.52. The summed E-state index contributed by atoms with van der Waals surface area (Å²) in [6, 6.07) is 12.9. The van der Waals surface area contributed by atoms with Crippen molar-refractivity contribution in [1.29, 1.82) is 0 Å². The van der Waals surface area contributed by atoms with Crippen molar-refractivity contribution in [2.75, 3.05) is 25.0 Å². The zero-order valence-corrected chi connectivity index (χ0v) is 19.6. The Morgan fingerprint density at radius 1 is 1.06 bits per heavy atom. The number of alkyl halides is 3. The number of rotatable bonds is 6. The molecule has 6 nitrogen and oxygen atoms in total. The van der Waals surface area contributed by atoms with Crippen LogP contribution in [0, 0.1) is 5.82 Å². The lowest BCUT2D eigenvalue weighted by atomic mass is 9.99. The smallest absolute Gasteiger partial charge is 0.348 e. The molecule has 1 aliphatic heterocycles. The van der Waals surface area contributed by atoms with Gasteiger partial charge in [-0.2, -0.15) is 13.2 Å². The highest BCUT2D eigenvalue weighted by Gasteiger charge is 2.34. The van der Waals surface area contributed by atoms with Crippen molar-refractivity contribution >= 4 is 17.6 Å². The number of hydrogen-bond acceptors (Lipinski definition) is 2. The number of amides is 3. The summed E-state index contributed by atoms with van der Waals surface area (Å²) in [6.07, 6.45) is -2.00. The molecule has 2 aromatic carbocycles. The van der Waals surface area contributed by atoms with Gasteiger partial charge in [-0.25, -0.2) is 9.18 Å². The van der Waals surface area contributed by atoms with Crippen molar-refractivity contribution < 1.29 is 27.2 Å². The Hall–Kier alpha value is -3.82. The van der Waals surface area contributed by atoms with Crippen LogP contribution in [0.15, 0.2) is 66.9 Å². The number of nitrogens with zero attached hydrogens (tertiary/aromatic N) is 3. The van der Waals surface area contributed by atoms with Gasteiger partial charge in [0.2, 0.25) is 5.91 Å². The first kappa shape index (κ1) is 25.3. The second-order valence-corrected chi connectivity index (χ2v) is 8.60. The SMILES string of the molecule is CCCN(CC(=O)N1CCn2cccc2[C@H]1c1cccc(F)c1)C(=O)Nc1ccc(C(F)(F)F)cc1. The van der Waals surface area contributed by atoms with E-state index in [1.807, 2.05) is 29.8 Å². The number of urea groups is 1. The van der Waals surface area contributed by atoms with Crippen LogP contribution in [0.3, 0.4) is 0 Å². The van der Waals surface area contributed by atoms with Crippen LogP contribution < -0.4 is 5.32 Å². The Labute approximate surface area is 206 Å². The quantitative estimate of drug-likeness (QED) is 0.451. The van der Waals surface area contributed by atoms with E-state index in [0.29, 0.717) is 25.1 Å². The molecule has 0 saturated heterocycles. The number of anilines is 1. The molecule has 4 rings (SSSR count). The van der Waals surface area contributed by atoms with Crippen LogP contribution in [-0.4, -0.2) is 45.9 Å². The van der Waals surface area contributed by atoms with Crippen LogP contribution in [0.4, 0.5) is 28.0 Å². The molecular formula is C26H26F4N4O2. The predicted molar refractivity (Wildman–Crippen MR) is 127 cm³/mol. The maximum Gasteiger partial charge on any atom is 0.416 e. The molecule has 0 aliphatic carbocycles. The number of nitrogens with one attached hydrogen (secondary N) is 1. The molecule has 0 fully saturated rings. The van der Waals surface area contributed by atoms with Crippen molar-refractivity contribution in [1.82, 2.24) is 14.4 Å². The molecule has 1 aromatic heterocycles. The largest absolute Gasteiger partial charge is 0.416 e. The second-order valence-electron chi connectivity index (χ2n) is 8.60. The maximum atomic E-state index is 14.0. The maximum absolute atomic E-state index is 14.0. The van der Waals surface area contributed by atoms with Crippen molar-refractivity contribution in [3.05, 3.63) is 89.5 Å². The highest BCUT2D eigenvalue weighted by atomic mass is 19.4. The molecule has 0 saturated carbocycles. The van der Waals surface area contributed by atoms with E-state index in [1.165, 1.54) is 29.2 Å². The van der Waals surface area contributed by atoms with Crippen molar-refractivity contribution in [3.63, 3.8) is 0 Å². The van der Waals surface area contributed by atoms with E-state index in [2.05, 4.69) is 5.32 Å². The molecule has 3 amide bonds. The third kappa shape index (κ3) is 5.53. The third-order valence-electron chi connectivity index (χ3n) is 6.09. The Balaban J connectivity index is 1.52. The summed E-state index contributed by atoms with van der Waals surface area (Å²) in [6.45, 7) is 2.83. The number of halogens is 4. The average molecular weight is 503 g/mol. The van der Waals surface area contributed by atoms with E-state index in [9.17, 15) is 27.2 Å². The monoisotopic (exact) mass is 502 g/mol. The van der Waals surface area contributed by atoms with Crippen molar-refractivity contribution in [3.8, 4) is 0 Å². The number of carbonyl (C=O) groups excluding carboxylic acids is 2. The van der Waals surface area contributed by atoms with Gasteiger partial charge in [-0.15, -0.1) is 0 Å². The fourth-order valence-corrected chi connectivity index (χ4v) is 4.40. The summed E-state index contributed by atoms with van der Waals surface area (Å²) in [5.41, 5.74) is 0.838.